The highest BCUT2D eigenvalue weighted by Crippen LogP contribution is 2.12. The average Bonchev–Trinajstić information content (AvgIpc) is 2.48. The van der Waals surface area contributed by atoms with Gasteiger partial charge < -0.3 is 21.7 Å². The summed E-state index contributed by atoms with van der Waals surface area (Å²) in [5.74, 6) is -0.246. The van der Waals surface area contributed by atoms with Gasteiger partial charge in [-0.25, -0.2) is 9.36 Å². The molecule has 4 nitrogen and oxygen atoms in total. The maximum atomic E-state index is 11.2. The Morgan fingerprint density at radius 2 is 2.27 bits per heavy atom. The van der Waals surface area contributed by atoms with Crippen LogP contribution >= 0.6 is 11.3 Å². The molecule has 0 fully saturated rings. The van der Waals surface area contributed by atoms with Gasteiger partial charge in [0.2, 0.25) is 0 Å². The van der Waals surface area contributed by atoms with Crippen molar-refractivity contribution in [2.45, 2.75) is 26.8 Å². The monoisotopic (exact) mass is 294 g/mol. The Labute approximate surface area is 104 Å². The second-order valence-corrected chi connectivity index (χ2v) is 3.97. The van der Waals surface area contributed by atoms with E-state index in [2.05, 4.69) is 6.92 Å². The number of rotatable bonds is 4. The molecule has 1 aromatic rings. The molecule has 0 saturated carbocycles. The molecule has 0 spiro atoms. The summed E-state index contributed by atoms with van der Waals surface area (Å²) in [4.78, 5) is 12.3. The summed E-state index contributed by atoms with van der Waals surface area (Å²) in [6.07, 6.45) is 2.83. The van der Waals surface area contributed by atoms with Crippen molar-refractivity contribution in [1.29, 1.82) is 0 Å². The molecule has 0 amide bonds. The Balaban J connectivity index is 0.00000196. The number of carbonyl (C=O) groups is 1. The van der Waals surface area contributed by atoms with Crippen LogP contribution in [0.2, 0.25) is 0 Å². The first-order valence-corrected chi connectivity index (χ1v) is 5.42. The Morgan fingerprint density at radius 1 is 1.60 bits per heavy atom. The van der Waals surface area contributed by atoms with Crippen LogP contribution in [0.1, 0.15) is 18.7 Å². The number of nitrogen functional groups attached to an aromatic ring is 1. The smallest absolute Gasteiger partial charge is 0.348 e. The number of ether oxygens (including phenoxy) is 1. The molecule has 15 heavy (non-hydrogen) atoms. The van der Waals surface area contributed by atoms with Gasteiger partial charge in [-0.3, -0.25) is 5.73 Å². The fourth-order valence-corrected chi connectivity index (χ4v) is 1.92. The number of halogens is 1. The molecule has 1 aromatic heterocycles. The molecule has 2 N–H and O–H groups in total. The molecule has 0 aliphatic carbocycles. The largest absolute Gasteiger partial charge is 1.00 e. The van der Waals surface area contributed by atoms with E-state index in [4.69, 9.17) is 10.5 Å². The number of esters is 1. The van der Waals surface area contributed by atoms with Crippen molar-refractivity contribution in [1.82, 2.24) is 0 Å². The molecule has 86 valence electrons. The lowest BCUT2D eigenvalue weighted by atomic mass is 10.4. The number of carbonyl (C=O) groups excluding carboxylic acids is 1. The normalized spacial score (nSPS) is 9.47. The van der Waals surface area contributed by atoms with Crippen molar-refractivity contribution in [3.8, 4) is 0 Å². The second kappa shape index (κ2) is 6.79. The molecule has 0 unspecified atom stereocenters. The first kappa shape index (κ1) is 14.4. The van der Waals surface area contributed by atoms with Crippen molar-refractivity contribution >= 4 is 22.4 Å². The van der Waals surface area contributed by atoms with Gasteiger partial charge in [0.05, 0.1) is 11.5 Å². The minimum atomic E-state index is -0.246. The predicted octanol–water partition coefficient (Wildman–Crippen LogP) is -2.25. The van der Waals surface area contributed by atoms with Crippen LogP contribution in [0.4, 0.5) is 5.13 Å². The van der Waals surface area contributed by atoms with E-state index in [-0.39, 0.29) is 29.5 Å². The van der Waals surface area contributed by atoms with Crippen LogP contribution in [0.25, 0.3) is 0 Å². The fourth-order valence-electron chi connectivity index (χ4n) is 1.09. The molecule has 0 aromatic carbocycles. The summed E-state index contributed by atoms with van der Waals surface area (Å²) in [7, 11) is 0. The minimum absolute atomic E-state index is 0. The zero-order chi connectivity index (χ0) is 10.6. The zero-order valence-corrected chi connectivity index (χ0v) is 11.2. The molecule has 0 bridgehead atoms. The van der Waals surface area contributed by atoms with E-state index in [1.54, 1.807) is 11.5 Å². The maximum Gasteiger partial charge on any atom is 0.348 e. The van der Waals surface area contributed by atoms with Crippen LogP contribution in [0.15, 0.2) is 6.20 Å². The predicted molar refractivity (Wildman–Crippen MR) is 54.9 cm³/mol. The van der Waals surface area contributed by atoms with Crippen molar-refractivity contribution in [2.24, 2.45) is 0 Å². The van der Waals surface area contributed by atoms with E-state index >= 15 is 0 Å². The Hall–Kier alpha value is -0.620. The van der Waals surface area contributed by atoms with Crippen LogP contribution in [-0.4, -0.2) is 12.6 Å². The summed E-state index contributed by atoms with van der Waals surface area (Å²) >= 11 is 1.51. The van der Waals surface area contributed by atoms with Crippen molar-refractivity contribution in [3.63, 3.8) is 0 Å². The number of hydrogen-bond donors (Lipinski definition) is 1. The second-order valence-electron chi connectivity index (χ2n) is 2.82. The maximum absolute atomic E-state index is 11.2. The van der Waals surface area contributed by atoms with Gasteiger partial charge in [-0.1, -0.05) is 18.3 Å². The van der Waals surface area contributed by atoms with Gasteiger partial charge in [0, 0.05) is 0 Å². The molecule has 1 rings (SSSR count). The van der Waals surface area contributed by atoms with Gasteiger partial charge in [-0.15, -0.1) is 0 Å². The molecule has 0 atom stereocenters. The van der Waals surface area contributed by atoms with E-state index in [1.807, 2.05) is 6.20 Å². The summed E-state index contributed by atoms with van der Waals surface area (Å²) < 4.78 is 6.56. The summed E-state index contributed by atoms with van der Waals surface area (Å²) in [6, 6.07) is 0. The average molecular weight is 295 g/mol. The van der Waals surface area contributed by atoms with Gasteiger partial charge in [-0.05, 0) is 13.3 Å². The van der Waals surface area contributed by atoms with Gasteiger partial charge >= 0.3 is 11.1 Å². The topological polar surface area (TPSA) is 56.2 Å². The number of nitrogens with two attached hydrogens (primary N) is 1. The third-order valence-corrected chi connectivity index (χ3v) is 2.87. The van der Waals surface area contributed by atoms with E-state index in [0.717, 1.165) is 6.42 Å². The minimum Gasteiger partial charge on any atom is -1.00 e. The molecular formula is C9H15BrN2O2S. The van der Waals surface area contributed by atoms with Gasteiger partial charge in [0.1, 0.15) is 6.20 Å². The number of thiazole rings is 1. The first-order valence-electron chi connectivity index (χ1n) is 4.60. The summed E-state index contributed by atoms with van der Waals surface area (Å²) in [5, 5.41) is 0.648. The summed E-state index contributed by atoms with van der Waals surface area (Å²) in [5.41, 5.74) is 5.74. The number of anilines is 1. The summed E-state index contributed by atoms with van der Waals surface area (Å²) in [6.45, 7) is 4.46. The van der Waals surface area contributed by atoms with Crippen molar-refractivity contribution in [2.75, 3.05) is 12.3 Å². The van der Waals surface area contributed by atoms with E-state index in [0.29, 0.717) is 11.7 Å². The van der Waals surface area contributed by atoms with Crippen LogP contribution in [-0.2, 0) is 22.5 Å². The quantitative estimate of drug-likeness (QED) is 0.504. The molecule has 0 aliphatic heterocycles. The third kappa shape index (κ3) is 4.17. The molecule has 6 heteroatoms. The Bertz CT molecular complexity index is 328. The van der Waals surface area contributed by atoms with E-state index < -0.39 is 0 Å². The fraction of sp³-hybridized carbons (Fsp3) is 0.556. The number of aryl methyl sites for hydroxylation is 1. The number of hydrogen-bond acceptors (Lipinski definition) is 4. The van der Waals surface area contributed by atoms with E-state index in [9.17, 15) is 4.79 Å². The van der Waals surface area contributed by atoms with Crippen molar-refractivity contribution in [3.05, 3.63) is 11.1 Å². The molecule has 0 saturated heterocycles. The Morgan fingerprint density at radius 3 is 2.73 bits per heavy atom. The van der Waals surface area contributed by atoms with Gasteiger partial charge in [0.25, 0.3) is 0 Å². The molecule has 1 heterocycles. The number of aromatic nitrogens is 1. The van der Waals surface area contributed by atoms with Gasteiger partial charge in [-0.2, -0.15) is 0 Å². The number of nitrogens with zero attached hydrogens (tertiary/aromatic N) is 1. The van der Waals surface area contributed by atoms with Crippen LogP contribution in [0.5, 0.6) is 0 Å². The highest BCUT2D eigenvalue weighted by Gasteiger charge is 2.14. The highest BCUT2D eigenvalue weighted by atomic mass is 79.9. The van der Waals surface area contributed by atoms with Crippen LogP contribution in [0, 0.1) is 0 Å². The SMILES string of the molecule is CCOC(=O)C[n+]1cc(CC)sc1N.[Br-]. The third-order valence-electron chi connectivity index (χ3n) is 1.77. The standard InChI is InChI=1S/C9H14N2O2S.BrH/c1-3-7-5-11(9(10)14-7)6-8(12)13-4-2;/h5,10H,3-4,6H2,1-2H3;1H. The lowest BCUT2D eigenvalue weighted by Gasteiger charge is -1.98. The van der Waals surface area contributed by atoms with Gasteiger partial charge in [0.15, 0.2) is 6.54 Å². The zero-order valence-electron chi connectivity index (χ0n) is 8.83. The molecule has 0 aliphatic rings. The highest BCUT2D eigenvalue weighted by molar-refractivity contribution is 7.14. The van der Waals surface area contributed by atoms with Crippen LogP contribution in [0.3, 0.4) is 0 Å². The molecular weight excluding hydrogens is 280 g/mol. The Kier molecular flexibility index (Phi) is 6.51. The first-order chi connectivity index (χ1) is 6.67. The lowest BCUT2D eigenvalue weighted by Crippen LogP contribution is -3.00. The van der Waals surface area contributed by atoms with E-state index in [1.165, 1.54) is 16.2 Å². The van der Waals surface area contributed by atoms with Crippen LogP contribution < -0.4 is 27.3 Å². The van der Waals surface area contributed by atoms with Crippen molar-refractivity contribution < 1.29 is 31.1 Å². The lowest BCUT2D eigenvalue weighted by molar-refractivity contribution is -0.667. The molecule has 0 radical (unpaired) electrons.